The number of piperazine rings is 1. The third kappa shape index (κ3) is 4.88. The zero-order valence-electron chi connectivity index (χ0n) is 15.6. The standard InChI is InChI=1S/C19H20F3N3O3S/c1-14-2-8-17(9-3-14)29(27,28)25-12-10-24(11-13-25)18(26)23-16-6-4-15(5-7-16)19(20,21)22/h2-9H,10-13H2,1H3,(H,23,26). The lowest BCUT2D eigenvalue weighted by molar-refractivity contribution is -0.137. The van der Waals surface area contributed by atoms with Crippen molar-refractivity contribution < 1.29 is 26.4 Å². The lowest BCUT2D eigenvalue weighted by atomic mass is 10.2. The summed E-state index contributed by atoms with van der Waals surface area (Å²) in [7, 11) is -3.64. The van der Waals surface area contributed by atoms with Crippen LogP contribution in [0.5, 0.6) is 0 Å². The van der Waals surface area contributed by atoms with E-state index >= 15 is 0 Å². The van der Waals surface area contributed by atoms with Crippen molar-refractivity contribution in [3.05, 3.63) is 59.7 Å². The Kier molecular flexibility index (Phi) is 5.85. The van der Waals surface area contributed by atoms with Gasteiger partial charge in [-0.05, 0) is 43.3 Å². The molecule has 3 rings (SSSR count). The highest BCUT2D eigenvalue weighted by Gasteiger charge is 2.31. The lowest BCUT2D eigenvalue weighted by Gasteiger charge is -2.34. The fourth-order valence-corrected chi connectivity index (χ4v) is 4.36. The Morgan fingerprint density at radius 3 is 2.00 bits per heavy atom. The number of amides is 2. The van der Waals surface area contributed by atoms with E-state index in [-0.39, 0.29) is 36.8 Å². The van der Waals surface area contributed by atoms with Gasteiger partial charge in [0.25, 0.3) is 0 Å². The fourth-order valence-electron chi connectivity index (χ4n) is 2.94. The molecule has 2 aromatic rings. The molecule has 0 radical (unpaired) electrons. The summed E-state index contributed by atoms with van der Waals surface area (Å²) < 4.78 is 64.5. The number of sulfonamides is 1. The van der Waals surface area contributed by atoms with Gasteiger partial charge in [0.2, 0.25) is 10.0 Å². The van der Waals surface area contributed by atoms with Crippen LogP contribution in [0, 0.1) is 6.92 Å². The Morgan fingerprint density at radius 1 is 0.931 bits per heavy atom. The molecule has 0 bridgehead atoms. The van der Waals surface area contributed by atoms with Crippen LogP contribution in [0.1, 0.15) is 11.1 Å². The fraction of sp³-hybridized carbons (Fsp3) is 0.316. The Hall–Kier alpha value is -2.59. The van der Waals surface area contributed by atoms with Gasteiger partial charge in [-0.25, -0.2) is 13.2 Å². The normalized spacial score (nSPS) is 15.9. The lowest BCUT2D eigenvalue weighted by Crippen LogP contribution is -2.51. The van der Waals surface area contributed by atoms with Crippen molar-refractivity contribution in [3.63, 3.8) is 0 Å². The molecule has 0 unspecified atom stereocenters. The minimum Gasteiger partial charge on any atom is -0.322 e. The smallest absolute Gasteiger partial charge is 0.322 e. The number of carbonyl (C=O) groups excluding carboxylic acids is 1. The number of carbonyl (C=O) groups is 1. The molecule has 1 saturated heterocycles. The van der Waals surface area contributed by atoms with Gasteiger partial charge in [0, 0.05) is 31.9 Å². The number of rotatable bonds is 3. The molecule has 2 amide bonds. The Morgan fingerprint density at radius 2 is 1.48 bits per heavy atom. The SMILES string of the molecule is Cc1ccc(S(=O)(=O)N2CCN(C(=O)Nc3ccc(C(F)(F)F)cc3)CC2)cc1. The van der Waals surface area contributed by atoms with E-state index in [9.17, 15) is 26.4 Å². The first-order valence-corrected chi connectivity index (χ1v) is 10.3. The molecule has 2 aromatic carbocycles. The number of urea groups is 1. The number of anilines is 1. The largest absolute Gasteiger partial charge is 0.416 e. The highest BCUT2D eigenvalue weighted by atomic mass is 32.2. The molecule has 0 saturated carbocycles. The molecule has 1 heterocycles. The summed E-state index contributed by atoms with van der Waals surface area (Å²) in [5.41, 5.74) is 0.386. The van der Waals surface area contributed by atoms with Crippen molar-refractivity contribution in [3.8, 4) is 0 Å². The van der Waals surface area contributed by atoms with Gasteiger partial charge in [-0.15, -0.1) is 0 Å². The van der Waals surface area contributed by atoms with Crippen molar-refractivity contribution in [2.75, 3.05) is 31.5 Å². The highest BCUT2D eigenvalue weighted by Crippen LogP contribution is 2.30. The molecule has 10 heteroatoms. The third-order valence-corrected chi connectivity index (χ3v) is 6.56. The predicted molar refractivity (Wildman–Crippen MR) is 102 cm³/mol. The van der Waals surface area contributed by atoms with Crippen molar-refractivity contribution >= 4 is 21.7 Å². The van der Waals surface area contributed by atoms with Crippen LogP contribution in [0.3, 0.4) is 0 Å². The first-order chi connectivity index (χ1) is 13.6. The van der Waals surface area contributed by atoms with Gasteiger partial charge in [-0.2, -0.15) is 17.5 Å². The number of benzene rings is 2. The molecule has 0 atom stereocenters. The number of halogens is 3. The number of aryl methyl sites for hydroxylation is 1. The molecule has 29 heavy (non-hydrogen) atoms. The first-order valence-electron chi connectivity index (χ1n) is 8.87. The minimum absolute atomic E-state index is 0.136. The Bertz CT molecular complexity index is 966. The van der Waals surface area contributed by atoms with Gasteiger partial charge >= 0.3 is 12.2 Å². The molecule has 1 fully saturated rings. The van der Waals surface area contributed by atoms with Crippen molar-refractivity contribution in [1.82, 2.24) is 9.21 Å². The second-order valence-corrected chi connectivity index (χ2v) is 8.65. The topological polar surface area (TPSA) is 69.7 Å². The zero-order chi connectivity index (χ0) is 21.2. The zero-order valence-corrected chi connectivity index (χ0v) is 16.4. The summed E-state index contributed by atoms with van der Waals surface area (Å²) in [6, 6.07) is 10.2. The van der Waals surface area contributed by atoms with E-state index in [0.717, 1.165) is 17.7 Å². The second-order valence-electron chi connectivity index (χ2n) is 6.71. The number of hydrogen-bond donors (Lipinski definition) is 1. The summed E-state index contributed by atoms with van der Waals surface area (Å²) >= 11 is 0. The van der Waals surface area contributed by atoms with Gasteiger partial charge in [-0.3, -0.25) is 0 Å². The average Bonchev–Trinajstić information content (AvgIpc) is 2.68. The quantitative estimate of drug-likeness (QED) is 0.815. The number of nitrogens with zero attached hydrogens (tertiary/aromatic N) is 2. The molecule has 1 aliphatic heterocycles. The number of hydrogen-bond acceptors (Lipinski definition) is 3. The van der Waals surface area contributed by atoms with Gasteiger partial charge in [-0.1, -0.05) is 17.7 Å². The first kappa shape index (κ1) is 21.1. The van der Waals surface area contributed by atoms with Crippen LogP contribution in [0.4, 0.5) is 23.7 Å². The van der Waals surface area contributed by atoms with Crippen molar-refractivity contribution in [2.45, 2.75) is 18.0 Å². The summed E-state index contributed by atoms with van der Waals surface area (Å²) in [6.45, 7) is 2.49. The van der Waals surface area contributed by atoms with E-state index < -0.39 is 27.8 Å². The van der Waals surface area contributed by atoms with Gasteiger partial charge < -0.3 is 10.2 Å². The van der Waals surface area contributed by atoms with Gasteiger partial charge in [0.1, 0.15) is 0 Å². The van der Waals surface area contributed by atoms with Crippen LogP contribution < -0.4 is 5.32 Å². The molecular formula is C19H20F3N3O3S. The minimum atomic E-state index is -4.44. The number of nitrogens with one attached hydrogen (secondary N) is 1. The van der Waals surface area contributed by atoms with E-state index in [2.05, 4.69) is 5.32 Å². The van der Waals surface area contributed by atoms with Crippen LogP contribution in [0.25, 0.3) is 0 Å². The summed E-state index contributed by atoms with van der Waals surface area (Å²) in [4.78, 5) is 14.0. The van der Waals surface area contributed by atoms with Gasteiger partial charge in [0.05, 0.1) is 10.5 Å². The summed E-state index contributed by atoms with van der Waals surface area (Å²) in [5.74, 6) is 0. The van der Waals surface area contributed by atoms with Crippen LogP contribution in [-0.2, 0) is 16.2 Å². The highest BCUT2D eigenvalue weighted by molar-refractivity contribution is 7.89. The molecular weight excluding hydrogens is 407 g/mol. The van der Waals surface area contributed by atoms with E-state index in [1.54, 1.807) is 24.3 Å². The number of alkyl halides is 3. The van der Waals surface area contributed by atoms with E-state index in [1.165, 1.54) is 21.3 Å². The maximum atomic E-state index is 12.7. The maximum Gasteiger partial charge on any atom is 0.416 e. The van der Waals surface area contributed by atoms with Crippen LogP contribution in [0.15, 0.2) is 53.4 Å². The van der Waals surface area contributed by atoms with Crippen LogP contribution >= 0.6 is 0 Å². The van der Waals surface area contributed by atoms with Crippen LogP contribution in [-0.4, -0.2) is 49.8 Å². The molecule has 156 valence electrons. The molecule has 0 aromatic heterocycles. The molecule has 6 nitrogen and oxygen atoms in total. The van der Waals surface area contributed by atoms with E-state index in [4.69, 9.17) is 0 Å². The summed E-state index contributed by atoms with van der Waals surface area (Å²) in [5, 5.41) is 2.53. The molecule has 0 spiro atoms. The van der Waals surface area contributed by atoms with Crippen molar-refractivity contribution in [2.24, 2.45) is 0 Å². The maximum absolute atomic E-state index is 12.7. The Labute approximate surface area is 167 Å². The summed E-state index contributed by atoms with van der Waals surface area (Å²) in [6.07, 6.45) is -4.44. The third-order valence-electron chi connectivity index (χ3n) is 4.65. The van der Waals surface area contributed by atoms with Gasteiger partial charge in [0.15, 0.2) is 0 Å². The predicted octanol–water partition coefficient (Wildman–Crippen LogP) is 3.55. The molecule has 0 aliphatic carbocycles. The van der Waals surface area contributed by atoms with Crippen molar-refractivity contribution in [1.29, 1.82) is 0 Å². The average molecular weight is 427 g/mol. The van der Waals surface area contributed by atoms with E-state index in [1.807, 2.05) is 6.92 Å². The van der Waals surface area contributed by atoms with E-state index in [0.29, 0.717) is 0 Å². The molecule has 1 N–H and O–H groups in total. The molecule has 1 aliphatic rings. The van der Waals surface area contributed by atoms with Crippen LogP contribution in [0.2, 0.25) is 0 Å². The Balaban J connectivity index is 1.59. The monoisotopic (exact) mass is 427 g/mol. The second kappa shape index (κ2) is 8.03.